The van der Waals surface area contributed by atoms with Crippen LogP contribution in [0.15, 0.2) is 32.9 Å². The zero-order valence-corrected chi connectivity index (χ0v) is 15.8. The number of rotatable bonds is 5. The van der Waals surface area contributed by atoms with Crippen LogP contribution in [0.4, 0.5) is 13.2 Å². The lowest BCUT2D eigenvalue weighted by Gasteiger charge is -2.13. The summed E-state index contributed by atoms with van der Waals surface area (Å²) < 4.78 is 40.9. The second-order valence-corrected chi connectivity index (χ2v) is 6.14. The number of halogens is 4. The molecule has 0 aliphatic rings. The molecule has 1 aromatic heterocycles. The molecule has 150 valence electrons. The molecule has 0 aliphatic carbocycles. The topological polar surface area (TPSA) is 82.7 Å². The Hall–Kier alpha value is -2.88. The molecule has 0 saturated carbocycles. The molecule has 7 nitrogen and oxygen atoms in total. The van der Waals surface area contributed by atoms with Gasteiger partial charge in [0.25, 0.3) is 5.56 Å². The third-order valence-electron chi connectivity index (χ3n) is 3.82. The van der Waals surface area contributed by atoms with Crippen molar-refractivity contribution in [3.63, 3.8) is 0 Å². The first-order valence-corrected chi connectivity index (χ1v) is 8.33. The van der Waals surface area contributed by atoms with Crippen LogP contribution in [-0.2, 0) is 4.84 Å². The molecule has 2 rings (SSSR count). The number of carbonyl (C=O) groups excluding carboxylic acids is 1. The van der Waals surface area contributed by atoms with Crippen molar-refractivity contribution in [2.45, 2.75) is 33.7 Å². The van der Waals surface area contributed by atoms with Crippen LogP contribution in [0.25, 0.3) is 5.69 Å². The van der Waals surface area contributed by atoms with Crippen molar-refractivity contribution >= 4 is 23.3 Å². The van der Waals surface area contributed by atoms with Crippen molar-refractivity contribution < 1.29 is 22.8 Å². The molecular formula is C17H15ClF3N3O4. The van der Waals surface area contributed by atoms with Crippen LogP contribution >= 0.6 is 11.6 Å². The minimum Gasteiger partial charge on any atom is -0.313 e. The van der Waals surface area contributed by atoms with Gasteiger partial charge in [-0.25, -0.2) is 23.1 Å². The van der Waals surface area contributed by atoms with Crippen LogP contribution in [0.3, 0.4) is 0 Å². The average molecular weight is 418 g/mol. The maximum absolute atomic E-state index is 14.4. The van der Waals surface area contributed by atoms with Gasteiger partial charge in [-0.1, -0.05) is 23.7 Å². The quantitative estimate of drug-likeness (QED) is 0.424. The number of aromatic nitrogens is 2. The lowest BCUT2D eigenvalue weighted by Crippen LogP contribution is -2.40. The van der Waals surface area contributed by atoms with Gasteiger partial charge in [0.05, 0.1) is 22.0 Å². The summed E-state index contributed by atoms with van der Waals surface area (Å²) in [5.74, 6) is -2.24. The molecule has 0 saturated heterocycles. The number of nitrogens with zero attached hydrogens (tertiary/aromatic N) is 3. The second-order valence-electron chi connectivity index (χ2n) is 5.73. The van der Waals surface area contributed by atoms with Gasteiger partial charge in [-0.05, 0) is 32.4 Å². The van der Waals surface area contributed by atoms with Crippen LogP contribution in [-0.4, -0.2) is 20.8 Å². The van der Waals surface area contributed by atoms with Gasteiger partial charge in [-0.15, -0.1) is 0 Å². The number of hydrogen-bond acceptors (Lipinski definition) is 5. The first kappa shape index (κ1) is 21.4. The second kappa shape index (κ2) is 8.42. The smallest absolute Gasteiger partial charge is 0.313 e. The molecule has 0 radical (unpaired) electrons. The first-order valence-electron chi connectivity index (χ1n) is 7.96. The number of oxime groups is 1. The minimum absolute atomic E-state index is 0.0162. The lowest BCUT2D eigenvalue weighted by molar-refractivity contribution is 0.0514. The van der Waals surface area contributed by atoms with Crippen molar-refractivity contribution in [1.82, 2.24) is 9.13 Å². The first-order chi connectivity index (χ1) is 13.1. The van der Waals surface area contributed by atoms with Crippen LogP contribution in [0, 0.1) is 12.7 Å². The summed E-state index contributed by atoms with van der Waals surface area (Å²) in [4.78, 5) is 41.3. The zero-order valence-electron chi connectivity index (χ0n) is 15.0. The van der Waals surface area contributed by atoms with Gasteiger partial charge >= 0.3 is 18.2 Å². The van der Waals surface area contributed by atoms with E-state index in [1.54, 1.807) is 13.8 Å². The number of alkyl halides is 2. The Labute approximate surface area is 161 Å². The molecule has 0 amide bonds. The Morgan fingerprint density at radius 3 is 2.50 bits per heavy atom. The van der Waals surface area contributed by atoms with Gasteiger partial charge in [-0.3, -0.25) is 4.79 Å². The van der Waals surface area contributed by atoms with E-state index in [2.05, 4.69) is 9.99 Å². The minimum atomic E-state index is -3.26. The molecule has 11 heteroatoms. The van der Waals surface area contributed by atoms with Gasteiger partial charge in [0.2, 0.25) is 0 Å². The molecule has 1 heterocycles. The number of hydrogen-bond donors (Lipinski definition) is 0. The molecule has 0 aliphatic heterocycles. The fourth-order valence-electron chi connectivity index (χ4n) is 2.22. The van der Waals surface area contributed by atoms with Crippen molar-refractivity contribution in [2.24, 2.45) is 5.16 Å². The summed E-state index contributed by atoms with van der Waals surface area (Å²) in [7, 11) is 0. The molecule has 28 heavy (non-hydrogen) atoms. The molecule has 0 unspecified atom stereocenters. The van der Waals surface area contributed by atoms with Gasteiger partial charge in [-0.2, -0.15) is 8.78 Å². The normalized spacial score (nSPS) is 11.8. The summed E-state index contributed by atoms with van der Waals surface area (Å²) >= 11 is 5.84. The molecular weight excluding hydrogens is 403 g/mol. The highest BCUT2D eigenvalue weighted by atomic mass is 35.5. The summed E-state index contributed by atoms with van der Waals surface area (Å²) in [5.41, 5.74) is -3.47. The fraction of sp³-hybridized carbons (Fsp3) is 0.294. The van der Waals surface area contributed by atoms with Gasteiger partial charge in [0.1, 0.15) is 5.82 Å². The van der Waals surface area contributed by atoms with E-state index in [1.807, 2.05) is 0 Å². The third-order valence-corrected chi connectivity index (χ3v) is 4.13. The molecule has 0 bridgehead atoms. The average Bonchev–Trinajstić information content (AvgIpc) is 2.60. The highest BCUT2D eigenvalue weighted by Crippen LogP contribution is 2.23. The third kappa shape index (κ3) is 4.16. The van der Waals surface area contributed by atoms with Crippen LogP contribution in [0.5, 0.6) is 0 Å². The van der Waals surface area contributed by atoms with E-state index in [0.717, 1.165) is 19.1 Å². The highest BCUT2D eigenvalue weighted by Gasteiger charge is 2.22. The van der Waals surface area contributed by atoms with E-state index >= 15 is 0 Å². The maximum atomic E-state index is 14.4. The Morgan fingerprint density at radius 2 is 1.93 bits per heavy atom. The molecule has 0 atom stereocenters. The van der Waals surface area contributed by atoms with Crippen LogP contribution in [0.2, 0.25) is 5.02 Å². The van der Waals surface area contributed by atoms with Gasteiger partial charge in [0, 0.05) is 11.8 Å². The van der Waals surface area contributed by atoms with E-state index < -0.39 is 40.8 Å². The number of carbonyl (C=O) groups is 1. The summed E-state index contributed by atoms with van der Waals surface area (Å²) in [6.45, 7) is 1.25. The Kier molecular flexibility index (Phi) is 6.45. The predicted molar refractivity (Wildman–Crippen MR) is 96.1 cm³/mol. The van der Waals surface area contributed by atoms with Crippen LogP contribution in [0.1, 0.15) is 42.9 Å². The Bertz CT molecular complexity index is 1080. The van der Waals surface area contributed by atoms with Crippen LogP contribution < -0.4 is 11.2 Å². The van der Waals surface area contributed by atoms with Crippen molar-refractivity contribution in [2.75, 3.05) is 0 Å². The highest BCUT2D eigenvalue weighted by molar-refractivity contribution is 6.33. The number of benzene rings is 1. The molecule has 0 N–H and O–H groups in total. The molecule has 2 aromatic rings. The maximum Gasteiger partial charge on any atom is 0.367 e. The van der Waals surface area contributed by atoms with E-state index in [0.29, 0.717) is 18.2 Å². The molecule has 0 spiro atoms. The van der Waals surface area contributed by atoms with E-state index in [4.69, 9.17) is 11.6 Å². The summed E-state index contributed by atoms with van der Waals surface area (Å²) in [5, 5.41) is 3.18. The van der Waals surface area contributed by atoms with Crippen molar-refractivity contribution in [3.8, 4) is 5.69 Å². The molecule has 1 aromatic carbocycles. The standard InChI is InChI=1S/C17H15ClF3N3O4/c1-4-8(2)22-28-15(26)10-6-13(12(19)7-11(10)18)24-14(25)5-9(3)23(16(20)21)17(24)27/h5-7,16H,4H2,1-3H3/b22-8+. The summed E-state index contributed by atoms with van der Waals surface area (Å²) in [6, 6.07) is 2.18. The lowest BCUT2D eigenvalue weighted by atomic mass is 10.2. The largest absolute Gasteiger partial charge is 0.367 e. The Morgan fingerprint density at radius 1 is 1.29 bits per heavy atom. The van der Waals surface area contributed by atoms with E-state index in [-0.39, 0.29) is 19.9 Å². The van der Waals surface area contributed by atoms with Crippen molar-refractivity contribution in [1.29, 1.82) is 0 Å². The SMILES string of the molecule is CC/C(C)=N/OC(=O)c1cc(-n2c(=O)cc(C)n(C(F)F)c2=O)c(F)cc1Cl. The van der Waals surface area contributed by atoms with E-state index in [9.17, 15) is 27.6 Å². The van der Waals surface area contributed by atoms with E-state index in [1.165, 1.54) is 0 Å². The fourth-order valence-corrected chi connectivity index (χ4v) is 2.45. The zero-order chi connectivity index (χ0) is 21.2. The monoisotopic (exact) mass is 417 g/mol. The Balaban J connectivity index is 2.69. The number of aryl methyl sites for hydroxylation is 1. The summed E-state index contributed by atoms with van der Waals surface area (Å²) in [6.07, 6.45) is 0.502. The van der Waals surface area contributed by atoms with Gasteiger partial charge < -0.3 is 4.84 Å². The predicted octanol–water partition coefficient (Wildman–Crippen LogP) is 3.44. The van der Waals surface area contributed by atoms with Crippen molar-refractivity contribution in [3.05, 3.63) is 61.1 Å². The molecule has 0 fully saturated rings. The van der Waals surface area contributed by atoms with Gasteiger partial charge in [0.15, 0.2) is 0 Å².